The van der Waals surface area contributed by atoms with Gasteiger partial charge in [-0.25, -0.2) is 0 Å². The van der Waals surface area contributed by atoms with Gasteiger partial charge in [0.15, 0.2) is 0 Å². The molecule has 1 heterocycles. The molecule has 1 aliphatic heterocycles. The molecule has 0 fully saturated rings. The maximum absolute atomic E-state index is 10.0. The molecule has 0 saturated heterocycles. The highest BCUT2D eigenvalue weighted by atomic mass is 127. The van der Waals surface area contributed by atoms with Gasteiger partial charge < -0.3 is 9.84 Å². The van der Waals surface area contributed by atoms with Gasteiger partial charge in [0.1, 0.15) is 11.9 Å². The third kappa shape index (κ3) is 2.72. The summed E-state index contributed by atoms with van der Waals surface area (Å²) in [6, 6.07) is 7.85. The van der Waals surface area contributed by atoms with E-state index in [1.54, 1.807) is 0 Å². The van der Waals surface area contributed by atoms with Gasteiger partial charge in [-0.3, -0.25) is 0 Å². The summed E-state index contributed by atoms with van der Waals surface area (Å²) >= 11 is 2.25. The standard InChI is InChI=1S/C12H13IO2/c13-10-6-4-9(5-7-10)12(14)11-3-1-2-8-15-11/h3-7,12,14H,1-2,8H2. The van der Waals surface area contributed by atoms with Crippen LogP contribution in [-0.4, -0.2) is 11.7 Å². The third-order valence-corrected chi connectivity index (χ3v) is 3.14. The van der Waals surface area contributed by atoms with Crippen molar-refractivity contribution in [2.45, 2.75) is 18.9 Å². The van der Waals surface area contributed by atoms with E-state index in [2.05, 4.69) is 22.6 Å². The van der Waals surface area contributed by atoms with E-state index in [4.69, 9.17) is 4.74 Å². The van der Waals surface area contributed by atoms with Crippen LogP contribution >= 0.6 is 22.6 Å². The molecule has 0 bridgehead atoms. The normalized spacial score (nSPS) is 17.9. The van der Waals surface area contributed by atoms with Crippen LogP contribution in [0, 0.1) is 3.57 Å². The summed E-state index contributed by atoms with van der Waals surface area (Å²) in [4.78, 5) is 0. The van der Waals surface area contributed by atoms with Crippen LogP contribution in [0.15, 0.2) is 36.1 Å². The lowest BCUT2D eigenvalue weighted by Crippen LogP contribution is -2.09. The molecule has 80 valence electrons. The fourth-order valence-corrected chi connectivity index (χ4v) is 1.94. The van der Waals surface area contributed by atoms with E-state index in [1.165, 1.54) is 3.57 Å². The molecular formula is C12H13IO2. The van der Waals surface area contributed by atoms with Crippen LogP contribution < -0.4 is 0 Å². The molecule has 1 N–H and O–H groups in total. The molecule has 0 aliphatic carbocycles. The van der Waals surface area contributed by atoms with E-state index in [0.29, 0.717) is 12.4 Å². The van der Waals surface area contributed by atoms with Crippen LogP contribution in [0.5, 0.6) is 0 Å². The molecule has 2 rings (SSSR count). The minimum absolute atomic E-state index is 0.609. The number of aliphatic hydroxyl groups excluding tert-OH is 1. The monoisotopic (exact) mass is 316 g/mol. The molecule has 1 aromatic carbocycles. The van der Waals surface area contributed by atoms with E-state index in [-0.39, 0.29) is 0 Å². The smallest absolute Gasteiger partial charge is 0.136 e. The van der Waals surface area contributed by atoms with Crippen molar-refractivity contribution in [2.24, 2.45) is 0 Å². The summed E-state index contributed by atoms with van der Waals surface area (Å²) in [7, 11) is 0. The van der Waals surface area contributed by atoms with Crippen LogP contribution in [0.4, 0.5) is 0 Å². The van der Waals surface area contributed by atoms with E-state index in [0.717, 1.165) is 18.4 Å². The topological polar surface area (TPSA) is 29.5 Å². The van der Waals surface area contributed by atoms with Crippen molar-refractivity contribution in [1.29, 1.82) is 0 Å². The number of hydrogen-bond acceptors (Lipinski definition) is 2. The highest BCUT2D eigenvalue weighted by Crippen LogP contribution is 2.26. The van der Waals surface area contributed by atoms with Crippen molar-refractivity contribution < 1.29 is 9.84 Å². The summed E-state index contributed by atoms with van der Waals surface area (Å²) in [5, 5.41) is 10.0. The van der Waals surface area contributed by atoms with Crippen LogP contribution in [0.3, 0.4) is 0 Å². The van der Waals surface area contributed by atoms with Gasteiger partial charge in [-0.2, -0.15) is 0 Å². The van der Waals surface area contributed by atoms with Crippen molar-refractivity contribution in [1.82, 2.24) is 0 Å². The maximum Gasteiger partial charge on any atom is 0.136 e. The lowest BCUT2D eigenvalue weighted by atomic mass is 10.1. The van der Waals surface area contributed by atoms with Gasteiger partial charge in [0.2, 0.25) is 0 Å². The van der Waals surface area contributed by atoms with Crippen molar-refractivity contribution in [3.63, 3.8) is 0 Å². The zero-order valence-corrected chi connectivity index (χ0v) is 10.5. The van der Waals surface area contributed by atoms with E-state index >= 15 is 0 Å². The van der Waals surface area contributed by atoms with E-state index in [1.807, 2.05) is 30.3 Å². The minimum atomic E-state index is -0.609. The maximum atomic E-state index is 10.0. The summed E-state index contributed by atoms with van der Waals surface area (Å²) < 4.78 is 6.60. The fraction of sp³-hybridized carbons (Fsp3) is 0.333. The Morgan fingerprint density at radius 1 is 1.27 bits per heavy atom. The number of allylic oxidation sites excluding steroid dienone is 1. The van der Waals surface area contributed by atoms with Gasteiger partial charge in [0, 0.05) is 3.57 Å². The number of benzene rings is 1. The average molecular weight is 316 g/mol. The largest absolute Gasteiger partial charge is 0.495 e. The molecular weight excluding hydrogens is 303 g/mol. The van der Waals surface area contributed by atoms with Gasteiger partial charge in [-0.05, 0) is 59.2 Å². The van der Waals surface area contributed by atoms with Gasteiger partial charge in [0.25, 0.3) is 0 Å². The number of hydrogen-bond donors (Lipinski definition) is 1. The lowest BCUT2D eigenvalue weighted by Gasteiger charge is -2.20. The van der Waals surface area contributed by atoms with Crippen molar-refractivity contribution in [3.8, 4) is 0 Å². The van der Waals surface area contributed by atoms with Crippen LogP contribution in [0.25, 0.3) is 0 Å². The Morgan fingerprint density at radius 2 is 2.00 bits per heavy atom. The molecule has 0 saturated carbocycles. The first-order valence-electron chi connectivity index (χ1n) is 5.04. The molecule has 15 heavy (non-hydrogen) atoms. The zero-order chi connectivity index (χ0) is 10.7. The first kappa shape index (κ1) is 11.0. The Hall–Kier alpha value is -0.550. The second-order valence-corrected chi connectivity index (χ2v) is 4.80. The van der Waals surface area contributed by atoms with Crippen LogP contribution in [0.2, 0.25) is 0 Å². The second kappa shape index (κ2) is 4.99. The van der Waals surface area contributed by atoms with Crippen molar-refractivity contribution >= 4 is 22.6 Å². The second-order valence-electron chi connectivity index (χ2n) is 3.55. The Kier molecular flexibility index (Phi) is 3.64. The Balaban J connectivity index is 2.16. The predicted octanol–water partition coefficient (Wildman–Crippen LogP) is 3.02. The summed E-state index contributed by atoms with van der Waals surface area (Å²) in [5.74, 6) is 0.697. The molecule has 1 aliphatic rings. The number of halogens is 1. The van der Waals surface area contributed by atoms with E-state index < -0.39 is 6.10 Å². The molecule has 0 amide bonds. The highest BCUT2D eigenvalue weighted by Gasteiger charge is 2.16. The number of aliphatic hydroxyl groups is 1. The van der Waals surface area contributed by atoms with Crippen LogP contribution in [0.1, 0.15) is 24.5 Å². The van der Waals surface area contributed by atoms with Gasteiger partial charge >= 0.3 is 0 Å². The fourth-order valence-electron chi connectivity index (χ4n) is 1.58. The Bertz CT molecular complexity index is 356. The zero-order valence-electron chi connectivity index (χ0n) is 8.32. The quantitative estimate of drug-likeness (QED) is 0.850. The summed E-state index contributed by atoms with van der Waals surface area (Å²) in [6.45, 7) is 0.716. The van der Waals surface area contributed by atoms with Gasteiger partial charge in [0.05, 0.1) is 6.61 Å². The highest BCUT2D eigenvalue weighted by molar-refractivity contribution is 14.1. The molecule has 3 heteroatoms. The first-order chi connectivity index (χ1) is 7.27. The van der Waals surface area contributed by atoms with Gasteiger partial charge in [-0.15, -0.1) is 0 Å². The number of rotatable bonds is 2. The van der Waals surface area contributed by atoms with Crippen molar-refractivity contribution in [3.05, 3.63) is 45.2 Å². The summed E-state index contributed by atoms with van der Waals surface area (Å²) in [6.07, 6.45) is 3.41. The first-order valence-corrected chi connectivity index (χ1v) is 6.11. The molecule has 0 aromatic heterocycles. The minimum Gasteiger partial charge on any atom is -0.495 e. The average Bonchev–Trinajstić information content (AvgIpc) is 2.30. The third-order valence-electron chi connectivity index (χ3n) is 2.42. The molecule has 1 unspecified atom stereocenters. The summed E-state index contributed by atoms with van der Waals surface area (Å²) in [5.41, 5.74) is 0.892. The molecule has 0 spiro atoms. The SMILES string of the molecule is OC(C1=CCCCO1)c1ccc(I)cc1. The predicted molar refractivity (Wildman–Crippen MR) is 67.4 cm³/mol. The number of ether oxygens (including phenoxy) is 1. The van der Waals surface area contributed by atoms with Gasteiger partial charge in [-0.1, -0.05) is 12.1 Å². The van der Waals surface area contributed by atoms with E-state index in [9.17, 15) is 5.11 Å². The molecule has 2 nitrogen and oxygen atoms in total. The molecule has 1 aromatic rings. The molecule has 1 atom stereocenters. The Morgan fingerprint density at radius 3 is 2.60 bits per heavy atom. The Labute approximate surface area is 103 Å². The lowest BCUT2D eigenvalue weighted by molar-refractivity contribution is 0.0918. The van der Waals surface area contributed by atoms with Crippen LogP contribution in [-0.2, 0) is 4.74 Å². The molecule has 0 radical (unpaired) electrons. The van der Waals surface area contributed by atoms with Crippen molar-refractivity contribution in [2.75, 3.05) is 6.61 Å².